The van der Waals surface area contributed by atoms with Crippen LogP contribution in [0.3, 0.4) is 0 Å². The lowest BCUT2D eigenvalue weighted by atomic mass is 9.63. The molecule has 1 heterocycles. The highest BCUT2D eigenvalue weighted by atomic mass is 15.1. The van der Waals surface area contributed by atoms with Gasteiger partial charge in [0, 0.05) is 11.6 Å². The molecule has 48 heavy (non-hydrogen) atoms. The number of hydrogen-bond acceptors (Lipinski definition) is 1. The van der Waals surface area contributed by atoms with Crippen LogP contribution in [0.1, 0.15) is 182 Å². The number of benzene rings is 2. The highest BCUT2D eigenvalue weighted by molar-refractivity contribution is 5.63. The second-order valence-electron chi connectivity index (χ2n) is 16.6. The van der Waals surface area contributed by atoms with Crippen LogP contribution in [-0.4, -0.2) is 11.3 Å². The molecule has 0 saturated heterocycles. The maximum atomic E-state index is 4.92. The molecule has 5 aliphatic rings. The third-order valence-electron chi connectivity index (χ3n) is 13.3. The van der Waals surface area contributed by atoms with E-state index in [0.29, 0.717) is 23.7 Å². The Hall–Kier alpha value is -2.74. The monoisotopic (exact) mass is 645 g/mol. The highest BCUT2D eigenvalue weighted by Crippen LogP contribution is 2.50. The summed E-state index contributed by atoms with van der Waals surface area (Å²) in [6, 6.07) is 18.2. The lowest BCUT2D eigenvalue weighted by molar-refractivity contribution is -0.463. The summed E-state index contributed by atoms with van der Waals surface area (Å²) in [6.07, 6.45) is 33.3. The molecule has 2 nitrogen and oxygen atoms in total. The summed E-state index contributed by atoms with van der Waals surface area (Å²) in [4.78, 5) is 0. The van der Waals surface area contributed by atoms with Crippen molar-refractivity contribution in [3.8, 4) is 0 Å². The first-order valence-electron chi connectivity index (χ1n) is 20.4. The van der Waals surface area contributed by atoms with Crippen LogP contribution in [0, 0.1) is 23.8 Å². The summed E-state index contributed by atoms with van der Waals surface area (Å²) in [6.45, 7) is 9.66. The Kier molecular flexibility index (Phi) is 11.2. The predicted molar refractivity (Wildman–Crippen MR) is 205 cm³/mol. The van der Waals surface area contributed by atoms with E-state index in [4.69, 9.17) is 6.72 Å². The third-order valence-corrected chi connectivity index (χ3v) is 13.3. The molecule has 4 aliphatic carbocycles. The molecular formula is C46H64N2. The van der Waals surface area contributed by atoms with Crippen molar-refractivity contribution in [1.82, 2.24) is 0 Å². The maximum Gasteiger partial charge on any atom is 0.126 e. The largest absolute Gasteiger partial charge is 0.376 e. The molecule has 7 rings (SSSR count). The number of nitrogens with one attached hydrogen (secondary N) is 1. The van der Waals surface area contributed by atoms with Gasteiger partial charge in [0.05, 0.1) is 6.72 Å². The van der Waals surface area contributed by atoms with Crippen LogP contribution >= 0.6 is 0 Å². The molecular weight excluding hydrogens is 581 g/mol. The van der Waals surface area contributed by atoms with Gasteiger partial charge >= 0.3 is 0 Å². The minimum atomic E-state index is 0.0447. The number of anilines is 1. The van der Waals surface area contributed by atoms with Gasteiger partial charge in [-0.05, 0) is 83.9 Å². The zero-order valence-corrected chi connectivity index (χ0v) is 30.4. The number of fused-ring (bicyclic) bond motifs is 1. The van der Waals surface area contributed by atoms with Gasteiger partial charge in [-0.3, -0.25) is 4.58 Å². The average molecular weight is 645 g/mol. The van der Waals surface area contributed by atoms with Gasteiger partial charge in [-0.25, -0.2) is 0 Å². The molecule has 4 saturated carbocycles. The summed E-state index contributed by atoms with van der Waals surface area (Å²) in [5.41, 5.74) is 8.85. The molecule has 0 bridgehead atoms. The zero-order chi connectivity index (χ0) is 32.9. The Balaban J connectivity index is 1.31. The van der Waals surface area contributed by atoms with Crippen molar-refractivity contribution in [2.45, 2.75) is 160 Å². The van der Waals surface area contributed by atoms with Crippen LogP contribution in [0.2, 0.25) is 0 Å². The summed E-state index contributed by atoms with van der Waals surface area (Å²) >= 11 is 0. The van der Waals surface area contributed by atoms with E-state index < -0.39 is 0 Å². The number of rotatable bonds is 8. The van der Waals surface area contributed by atoms with Crippen molar-refractivity contribution in [1.29, 1.82) is 0 Å². The number of hydrogen-bond donors (Lipinski definition) is 1. The molecule has 2 aromatic carbocycles. The quantitative estimate of drug-likeness (QED) is 0.172. The molecule has 0 aromatic heterocycles. The molecule has 4 fully saturated rings. The number of allylic oxidation sites excluding steroid dienone is 2. The second-order valence-corrected chi connectivity index (χ2v) is 16.6. The summed E-state index contributed by atoms with van der Waals surface area (Å²) < 4.78 is 2.41. The van der Waals surface area contributed by atoms with Crippen molar-refractivity contribution in [2.75, 3.05) is 5.32 Å². The van der Waals surface area contributed by atoms with E-state index in [1.54, 1.807) is 11.1 Å². The van der Waals surface area contributed by atoms with E-state index in [9.17, 15) is 0 Å². The molecule has 1 aliphatic heterocycles. The first-order valence-corrected chi connectivity index (χ1v) is 20.4. The lowest BCUT2D eigenvalue weighted by Crippen LogP contribution is -2.39. The fourth-order valence-electron chi connectivity index (χ4n) is 10.8. The summed E-state index contributed by atoms with van der Waals surface area (Å²) in [5, 5.41) is 4.45. The van der Waals surface area contributed by atoms with Crippen LogP contribution in [0.25, 0.3) is 0 Å². The smallest absolute Gasteiger partial charge is 0.126 e. The van der Waals surface area contributed by atoms with E-state index in [2.05, 4.69) is 84.4 Å². The molecule has 0 amide bonds. The minimum Gasteiger partial charge on any atom is -0.376 e. The zero-order valence-electron chi connectivity index (χ0n) is 30.4. The minimum absolute atomic E-state index is 0.0447. The van der Waals surface area contributed by atoms with E-state index in [1.807, 2.05) is 0 Å². The van der Waals surface area contributed by atoms with Gasteiger partial charge in [0.2, 0.25) is 0 Å². The first-order chi connectivity index (χ1) is 23.6. The van der Waals surface area contributed by atoms with Gasteiger partial charge in [0.25, 0.3) is 0 Å². The first kappa shape index (κ1) is 33.7. The fourth-order valence-corrected chi connectivity index (χ4v) is 10.8. The van der Waals surface area contributed by atoms with Crippen LogP contribution in [0.4, 0.5) is 5.69 Å². The van der Waals surface area contributed by atoms with Gasteiger partial charge in [0.15, 0.2) is 0 Å². The Labute approximate surface area is 293 Å². The molecule has 0 radical (unpaired) electrons. The SMILES string of the molecule is C=[N+]1C(C(Nc2c(C3CCCCCC3)cccc2C2CCCCCC2)c2ccccc2C(C)C)=CC=C[C-]1C1CCCC2CCCCC21. The predicted octanol–water partition coefficient (Wildman–Crippen LogP) is 13.1. The number of para-hydroxylation sites is 1. The van der Waals surface area contributed by atoms with Crippen molar-refractivity contribution in [3.05, 3.63) is 94.7 Å². The van der Waals surface area contributed by atoms with Gasteiger partial charge in [0.1, 0.15) is 17.8 Å². The average Bonchev–Trinajstić information content (AvgIpc) is 3.57. The van der Waals surface area contributed by atoms with Gasteiger partial charge < -0.3 is 5.32 Å². The van der Waals surface area contributed by atoms with Crippen molar-refractivity contribution in [3.63, 3.8) is 0 Å². The third kappa shape index (κ3) is 7.25. The Morgan fingerprint density at radius 1 is 0.667 bits per heavy atom. The van der Waals surface area contributed by atoms with Crippen LogP contribution in [-0.2, 0) is 0 Å². The molecule has 258 valence electrons. The van der Waals surface area contributed by atoms with Gasteiger partial charge in [-0.1, -0.05) is 158 Å². The fraction of sp³-hybridized carbons (Fsp3) is 0.609. The van der Waals surface area contributed by atoms with Crippen LogP contribution < -0.4 is 5.32 Å². The lowest BCUT2D eigenvalue weighted by Gasteiger charge is -2.45. The van der Waals surface area contributed by atoms with E-state index in [-0.39, 0.29) is 6.04 Å². The summed E-state index contributed by atoms with van der Waals surface area (Å²) in [5.74, 6) is 4.10. The van der Waals surface area contributed by atoms with Gasteiger partial charge in [-0.15, -0.1) is 6.08 Å². The van der Waals surface area contributed by atoms with Gasteiger partial charge in [-0.2, -0.15) is 0 Å². The van der Waals surface area contributed by atoms with E-state index in [1.165, 1.54) is 151 Å². The maximum absolute atomic E-state index is 4.92. The Morgan fingerprint density at radius 2 is 1.25 bits per heavy atom. The molecule has 4 atom stereocenters. The van der Waals surface area contributed by atoms with E-state index in [0.717, 1.165) is 11.8 Å². The Morgan fingerprint density at radius 3 is 1.90 bits per heavy atom. The second kappa shape index (κ2) is 15.9. The number of nitrogens with zero attached hydrogens (tertiary/aromatic N) is 1. The van der Waals surface area contributed by atoms with Crippen molar-refractivity contribution in [2.24, 2.45) is 17.8 Å². The topological polar surface area (TPSA) is 15.0 Å². The molecule has 2 heteroatoms. The Bertz CT molecular complexity index is 1390. The molecule has 4 unspecified atom stereocenters. The van der Waals surface area contributed by atoms with Crippen LogP contribution in [0.5, 0.6) is 0 Å². The van der Waals surface area contributed by atoms with Crippen LogP contribution in [0.15, 0.2) is 66.4 Å². The highest BCUT2D eigenvalue weighted by Gasteiger charge is 2.42. The summed E-state index contributed by atoms with van der Waals surface area (Å²) in [7, 11) is 0. The molecule has 2 aromatic rings. The van der Waals surface area contributed by atoms with Crippen molar-refractivity contribution >= 4 is 12.4 Å². The standard InChI is InChI=1S/C46H64N2/c1-33(2)37-25-14-15-27-42(37)46(44-32-18-31-43(48(44)3)41-30-16-24-34-23-12-13-26-38(34)41)47-45-39(35-19-8-4-5-9-20-35)28-17-29-40(45)36-21-10-6-7-11-22-36/h14-15,17-18,25,27-29,31-36,38,41,46-47H,3-13,16,19-24,26,30H2,1-2H3. The molecule has 0 spiro atoms. The van der Waals surface area contributed by atoms with Crippen molar-refractivity contribution < 1.29 is 4.58 Å². The molecule has 1 N–H and O–H groups in total. The normalized spacial score (nSPS) is 26.8. The van der Waals surface area contributed by atoms with E-state index >= 15 is 0 Å².